The summed E-state index contributed by atoms with van der Waals surface area (Å²) in [6.45, 7) is 3.82. The van der Waals surface area contributed by atoms with E-state index in [9.17, 15) is 0 Å². The van der Waals surface area contributed by atoms with Gasteiger partial charge in [-0.1, -0.05) is 0 Å². The number of hydrogen-bond acceptors (Lipinski definition) is 7. The van der Waals surface area contributed by atoms with Crippen LogP contribution in [0.1, 0.15) is 30.1 Å². The van der Waals surface area contributed by atoms with Gasteiger partial charge < -0.3 is 9.80 Å². The molecule has 4 heterocycles. The van der Waals surface area contributed by atoms with Crippen LogP contribution >= 0.6 is 0 Å². The number of fused-ring (bicyclic) bond motifs is 1. The lowest BCUT2D eigenvalue weighted by Crippen LogP contribution is -2.59. The van der Waals surface area contributed by atoms with Gasteiger partial charge in [0.2, 0.25) is 5.95 Å². The van der Waals surface area contributed by atoms with Gasteiger partial charge in [0, 0.05) is 38.4 Å². The SMILES string of the molecule is Cc1cnc(N(C)C2CN(c3ccc4nnc(C5CC5)n4n3)C2)nc1. The molecule has 1 saturated carbocycles. The monoisotopic (exact) mass is 336 g/mol. The summed E-state index contributed by atoms with van der Waals surface area (Å²) in [5.74, 6) is 3.28. The molecule has 8 heteroatoms. The van der Waals surface area contributed by atoms with Gasteiger partial charge in [0.05, 0.1) is 6.04 Å². The molecule has 0 radical (unpaired) electrons. The van der Waals surface area contributed by atoms with E-state index in [1.54, 1.807) is 0 Å². The second-order valence-corrected chi connectivity index (χ2v) is 7.02. The molecular weight excluding hydrogens is 316 g/mol. The van der Waals surface area contributed by atoms with Crippen LogP contribution in [0, 0.1) is 6.92 Å². The van der Waals surface area contributed by atoms with E-state index in [1.807, 2.05) is 43.0 Å². The molecule has 0 amide bonds. The average molecular weight is 336 g/mol. The minimum absolute atomic E-state index is 0.393. The maximum absolute atomic E-state index is 4.76. The lowest BCUT2D eigenvalue weighted by molar-refractivity contribution is 0.483. The Morgan fingerprint density at radius 2 is 1.84 bits per heavy atom. The highest BCUT2D eigenvalue weighted by atomic mass is 15.4. The van der Waals surface area contributed by atoms with E-state index >= 15 is 0 Å². The number of aromatic nitrogens is 6. The highest BCUT2D eigenvalue weighted by molar-refractivity contribution is 5.50. The number of aryl methyl sites for hydroxylation is 1. The molecule has 0 spiro atoms. The Labute approximate surface area is 145 Å². The van der Waals surface area contributed by atoms with Gasteiger partial charge in [-0.05, 0) is 37.5 Å². The Bertz CT molecular complexity index is 908. The standard InChI is InChI=1S/C17H20N8/c1-11-7-18-17(19-8-11)23(2)13-9-24(10-13)15-6-5-14-20-21-16(12-3-4-12)25(14)22-15/h5-8,12-13H,3-4,9-10H2,1-2H3. The van der Waals surface area contributed by atoms with Crippen molar-refractivity contribution in [1.82, 2.24) is 29.8 Å². The quantitative estimate of drug-likeness (QED) is 0.713. The molecule has 2 aliphatic rings. The first-order chi connectivity index (χ1) is 12.2. The van der Waals surface area contributed by atoms with Crippen LogP contribution in [0.3, 0.4) is 0 Å². The van der Waals surface area contributed by atoms with E-state index < -0.39 is 0 Å². The van der Waals surface area contributed by atoms with Crippen LogP contribution in [-0.4, -0.2) is 56.0 Å². The predicted molar refractivity (Wildman–Crippen MR) is 93.9 cm³/mol. The minimum atomic E-state index is 0.393. The van der Waals surface area contributed by atoms with Gasteiger partial charge in [-0.25, -0.2) is 9.97 Å². The molecule has 0 atom stereocenters. The van der Waals surface area contributed by atoms with E-state index in [-0.39, 0.29) is 0 Å². The van der Waals surface area contributed by atoms with Crippen molar-refractivity contribution in [2.24, 2.45) is 0 Å². The van der Waals surface area contributed by atoms with Gasteiger partial charge in [-0.2, -0.15) is 4.52 Å². The van der Waals surface area contributed by atoms with Crippen molar-refractivity contribution in [3.8, 4) is 0 Å². The number of hydrogen-bond donors (Lipinski definition) is 0. The van der Waals surface area contributed by atoms with Crippen LogP contribution in [0.5, 0.6) is 0 Å². The zero-order chi connectivity index (χ0) is 17.0. The Morgan fingerprint density at radius 1 is 1.08 bits per heavy atom. The lowest BCUT2D eigenvalue weighted by atomic mass is 10.1. The first-order valence-electron chi connectivity index (χ1n) is 8.68. The Morgan fingerprint density at radius 3 is 2.56 bits per heavy atom. The number of nitrogens with zero attached hydrogens (tertiary/aromatic N) is 8. The van der Waals surface area contributed by atoms with Crippen LogP contribution in [-0.2, 0) is 0 Å². The molecule has 1 aliphatic carbocycles. The molecule has 0 bridgehead atoms. The summed E-state index contributed by atoms with van der Waals surface area (Å²) in [4.78, 5) is 13.2. The number of rotatable bonds is 4. The largest absolute Gasteiger partial charge is 0.351 e. The summed E-state index contributed by atoms with van der Waals surface area (Å²) in [7, 11) is 2.05. The van der Waals surface area contributed by atoms with E-state index in [2.05, 4.69) is 30.0 Å². The van der Waals surface area contributed by atoms with E-state index in [0.717, 1.165) is 41.9 Å². The Hall–Kier alpha value is -2.77. The maximum atomic E-state index is 4.76. The second-order valence-electron chi connectivity index (χ2n) is 7.02. The fraction of sp³-hybridized carbons (Fsp3) is 0.471. The lowest BCUT2D eigenvalue weighted by Gasteiger charge is -2.44. The molecule has 3 aromatic heterocycles. The third-order valence-corrected chi connectivity index (χ3v) is 5.03. The van der Waals surface area contributed by atoms with Crippen LogP contribution in [0.4, 0.5) is 11.8 Å². The van der Waals surface area contributed by atoms with Crippen molar-refractivity contribution in [3.05, 3.63) is 35.9 Å². The van der Waals surface area contributed by atoms with Crippen molar-refractivity contribution in [1.29, 1.82) is 0 Å². The summed E-state index contributed by atoms with van der Waals surface area (Å²) < 4.78 is 1.91. The smallest absolute Gasteiger partial charge is 0.225 e. The minimum Gasteiger partial charge on any atom is -0.351 e. The van der Waals surface area contributed by atoms with Crippen LogP contribution in [0.25, 0.3) is 5.65 Å². The van der Waals surface area contributed by atoms with Crippen molar-refractivity contribution < 1.29 is 0 Å². The van der Waals surface area contributed by atoms with Crippen molar-refractivity contribution in [2.75, 3.05) is 29.9 Å². The molecular formula is C17H20N8. The third-order valence-electron chi connectivity index (χ3n) is 5.03. The molecule has 2 fully saturated rings. The number of anilines is 2. The predicted octanol–water partition coefficient (Wildman–Crippen LogP) is 1.43. The Kier molecular flexibility index (Phi) is 3.13. The van der Waals surface area contributed by atoms with Crippen molar-refractivity contribution in [3.63, 3.8) is 0 Å². The molecule has 0 aromatic carbocycles. The molecule has 3 aromatic rings. The van der Waals surface area contributed by atoms with Gasteiger partial charge >= 0.3 is 0 Å². The van der Waals surface area contributed by atoms with Crippen LogP contribution < -0.4 is 9.80 Å². The van der Waals surface area contributed by atoms with Crippen LogP contribution in [0.2, 0.25) is 0 Å². The molecule has 0 N–H and O–H groups in total. The van der Waals surface area contributed by atoms with E-state index in [0.29, 0.717) is 12.0 Å². The number of likely N-dealkylation sites (N-methyl/N-ethyl adjacent to an activating group) is 1. The summed E-state index contributed by atoms with van der Waals surface area (Å²) in [6, 6.07) is 4.42. The molecule has 128 valence electrons. The van der Waals surface area contributed by atoms with Crippen molar-refractivity contribution in [2.45, 2.75) is 31.7 Å². The molecule has 25 heavy (non-hydrogen) atoms. The first-order valence-corrected chi connectivity index (χ1v) is 8.68. The fourth-order valence-electron chi connectivity index (χ4n) is 3.18. The van der Waals surface area contributed by atoms with Gasteiger partial charge in [-0.15, -0.1) is 15.3 Å². The summed E-state index contributed by atoms with van der Waals surface area (Å²) in [5.41, 5.74) is 1.90. The summed E-state index contributed by atoms with van der Waals surface area (Å²) in [6.07, 6.45) is 6.10. The molecule has 1 saturated heterocycles. The summed E-state index contributed by atoms with van der Waals surface area (Å²) in [5, 5.41) is 13.3. The molecule has 5 rings (SSSR count). The maximum Gasteiger partial charge on any atom is 0.225 e. The zero-order valence-corrected chi connectivity index (χ0v) is 14.4. The van der Waals surface area contributed by atoms with Gasteiger partial charge in [0.15, 0.2) is 11.5 Å². The Balaban J connectivity index is 1.32. The average Bonchev–Trinajstić information content (AvgIpc) is 3.33. The summed E-state index contributed by atoms with van der Waals surface area (Å²) >= 11 is 0. The normalized spacial score (nSPS) is 17.8. The van der Waals surface area contributed by atoms with E-state index in [1.165, 1.54) is 12.8 Å². The zero-order valence-electron chi connectivity index (χ0n) is 14.4. The van der Waals surface area contributed by atoms with Crippen molar-refractivity contribution >= 4 is 17.4 Å². The highest BCUT2D eigenvalue weighted by Gasteiger charge is 2.33. The first kappa shape index (κ1) is 14.6. The van der Waals surface area contributed by atoms with Gasteiger partial charge in [0.25, 0.3) is 0 Å². The van der Waals surface area contributed by atoms with Crippen LogP contribution in [0.15, 0.2) is 24.5 Å². The molecule has 1 aliphatic heterocycles. The van der Waals surface area contributed by atoms with Gasteiger partial charge in [-0.3, -0.25) is 0 Å². The topological polar surface area (TPSA) is 75.3 Å². The van der Waals surface area contributed by atoms with E-state index in [4.69, 9.17) is 5.10 Å². The molecule has 8 nitrogen and oxygen atoms in total. The molecule has 0 unspecified atom stereocenters. The van der Waals surface area contributed by atoms with Gasteiger partial charge in [0.1, 0.15) is 5.82 Å². The fourth-order valence-corrected chi connectivity index (χ4v) is 3.18. The third kappa shape index (κ3) is 2.48. The second kappa shape index (κ2) is 5.37. The highest BCUT2D eigenvalue weighted by Crippen LogP contribution is 2.38.